The van der Waals surface area contributed by atoms with Crippen LogP contribution in [0.4, 0.5) is 0 Å². The Hall–Kier alpha value is -5.17. The summed E-state index contributed by atoms with van der Waals surface area (Å²) in [5.74, 6) is 9.38. The number of rotatable bonds is 17. The highest BCUT2D eigenvalue weighted by molar-refractivity contribution is 5.85. The smallest absolute Gasteiger partial charge is 0.161 e. The first-order chi connectivity index (χ1) is 34.9. The fraction of sp³-hybridized carbons (Fsp3) is 0.542. The number of fused-ring (bicyclic) bond motifs is 13. The van der Waals surface area contributed by atoms with E-state index in [4.69, 9.17) is 18.9 Å². The van der Waals surface area contributed by atoms with Crippen LogP contribution in [0.15, 0.2) is 53.5 Å². The molecule has 2 aliphatic carbocycles. The molecule has 1 fully saturated rings. The van der Waals surface area contributed by atoms with Gasteiger partial charge in [-0.3, -0.25) is 15.6 Å². The van der Waals surface area contributed by atoms with Crippen molar-refractivity contribution in [1.82, 2.24) is 16.0 Å². The molecule has 0 amide bonds. The highest BCUT2D eigenvalue weighted by atomic mass is 16.6. The maximum absolute atomic E-state index is 11.7. The van der Waals surface area contributed by atoms with Gasteiger partial charge in [-0.2, -0.15) is 0 Å². The summed E-state index contributed by atoms with van der Waals surface area (Å²) in [6, 6.07) is 15.7. The molecule has 0 spiro atoms. The average Bonchev–Trinajstić information content (AvgIpc) is 3.84. The van der Waals surface area contributed by atoms with Gasteiger partial charge in [0.15, 0.2) is 17.6 Å². The quantitative estimate of drug-likeness (QED) is 0.0348. The van der Waals surface area contributed by atoms with Gasteiger partial charge >= 0.3 is 0 Å². The summed E-state index contributed by atoms with van der Waals surface area (Å²) >= 11 is 0. The van der Waals surface area contributed by atoms with E-state index in [9.17, 15) is 25.5 Å². The first-order valence-corrected chi connectivity index (χ1v) is 26.7. The summed E-state index contributed by atoms with van der Waals surface area (Å²) in [4.78, 5) is 4.65. The van der Waals surface area contributed by atoms with Crippen LogP contribution in [0.2, 0.25) is 0 Å². The van der Waals surface area contributed by atoms with E-state index in [1.807, 2.05) is 31.2 Å². The SMILES string of the molecule is CC(C)CC(C)(O)CNCNC1C#CCCOc2cc(cc(CCCO)c2O)C2Oc3c(c4c(c5c3CCC(CO)O5)-c3ccc(O)cc3C(Cc3ccc5c(c3)=CCN=5)C4)CC12OCNC1CCCCC1. The van der Waals surface area contributed by atoms with E-state index >= 15 is 0 Å². The number of aromatic hydroxyl groups is 2. The first kappa shape index (κ1) is 50.4. The van der Waals surface area contributed by atoms with Crippen molar-refractivity contribution in [2.45, 2.75) is 152 Å². The number of ether oxygens (including phenoxy) is 4. The molecular weight excluding hydrogens is 909 g/mol. The normalized spacial score (nSPS) is 23.8. The lowest BCUT2D eigenvalue weighted by molar-refractivity contribution is -0.144. The van der Waals surface area contributed by atoms with E-state index < -0.39 is 29.5 Å². The third-order valence-electron chi connectivity index (χ3n) is 15.8. The summed E-state index contributed by atoms with van der Waals surface area (Å²) < 4.78 is 28.6. The van der Waals surface area contributed by atoms with Crippen molar-refractivity contribution in [2.75, 3.05) is 46.3 Å². The summed E-state index contributed by atoms with van der Waals surface area (Å²) in [6.45, 7) is 7.76. The molecule has 6 aliphatic rings. The van der Waals surface area contributed by atoms with Gasteiger partial charge in [0.05, 0.1) is 37.4 Å². The fourth-order valence-corrected chi connectivity index (χ4v) is 12.5. The minimum absolute atomic E-state index is 0.0343. The second-order valence-electron chi connectivity index (χ2n) is 21.8. The molecule has 10 rings (SSSR count). The minimum Gasteiger partial charge on any atom is -0.508 e. The van der Waals surface area contributed by atoms with Gasteiger partial charge in [0.25, 0.3) is 0 Å². The van der Waals surface area contributed by atoms with Gasteiger partial charge in [-0.05, 0) is 152 Å². The van der Waals surface area contributed by atoms with Gasteiger partial charge < -0.3 is 49.8 Å². The highest BCUT2D eigenvalue weighted by Gasteiger charge is 2.55. The lowest BCUT2D eigenvalue weighted by Gasteiger charge is -2.50. The third kappa shape index (κ3) is 10.5. The molecule has 4 aliphatic heterocycles. The number of nitrogens with one attached hydrogen (secondary N) is 3. The fourth-order valence-electron chi connectivity index (χ4n) is 12.5. The Morgan fingerprint density at radius 2 is 1.82 bits per heavy atom. The van der Waals surface area contributed by atoms with Crippen LogP contribution in [0.1, 0.15) is 130 Å². The Balaban J connectivity index is 1.17. The van der Waals surface area contributed by atoms with Gasteiger partial charge in [-0.25, -0.2) is 0 Å². The molecule has 72 heavy (non-hydrogen) atoms. The van der Waals surface area contributed by atoms with Crippen LogP contribution in [0.3, 0.4) is 0 Å². The molecule has 0 saturated heterocycles. The maximum atomic E-state index is 11.7. The van der Waals surface area contributed by atoms with Crippen LogP contribution in [0, 0.1) is 17.8 Å². The van der Waals surface area contributed by atoms with Crippen LogP contribution in [-0.2, 0) is 36.8 Å². The van der Waals surface area contributed by atoms with E-state index in [1.54, 1.807) is 6.07 Å². The molecule has 0 radical (unpaired) electrons. The van der Waals surface area contributed by atoms with Crippen molar-refractivity contribution in [3.8, 4) is 51.7 Å². The number of hydrogen-bond donors (Lipinski definition) is 8. The van der Waals surface area contributed by atoms with Crippen molar-refractivity contribution in [3.63, 3.8) is 0 Å². The molecule has 4 aromatic carbocycles. The predicted octanol–water partition coefficient (Wildman–Crippen LogP) is 6.07. The van der Waals surface area contributed by atoms with Crippen molar-refractivity contribution in [1.29, 1.82) is 0 Å². The lowest BCUT2D eigenvalue weighted by Crippen LogP contribution is -2.62. The molecule has 13 heteroatoms. The highest BCUT2D eigenvalue weighted by Crippen LogP contribution is 2.58. The molecule has 4 heterocycles. The average molecular weight is 983 g/mol. The van der Waals surface area contributed by atoms with Crippen LogP contribution in [0.5, 0.6) is 28.7 Å². The van der Waals surface area contributed by atoms with Gasteiger partial charge in [0.2, 0.25) is 0 Å². The van der Waals surface area contributed by atoms with Crippen LogP contribution in [0.25, 0.3) is 17.2 Å². The minimum atomic E-state index is -1.22. The molecule has 2 bridgehead atoms. The Bertz CT molecular complexity index is 2810. The Kier molecular flexibility index (Phi) is 15.2. The summed E-state index contributed by atoms with van der Waals surface area (Å²) in [5, 5.41) is 68.2. The van der Waals surface area contributed by atoms with Crippen LogP contribution < -0.4 is 40.7 Å². The number of benzene rings is 4. The molecule has 6 atom stereocenters. The molecule has 8 N–H and O–H groups in total. The standard InChI is InChI=1S/C59H74N4O9/c1-36(2)30-58(3,68)33-60-34-62-52-13-7-8-23-69-51-28-41(26-39(54(51)67)10-9-22-64)57-59(52,70-35-63-42-11-5-4-6-12-42)31-49-48-27-40(25-37-14-19-50-38(24-37)20-21-61-50)47-29-43(66)15-17-45(47)53(48)56-46(55(49)72-57)18-16-44(32-65)71-56/h14-15,17,19-20,24,26,28-29,36,40,42,44,52,57,60,62-68H,4-6,8-12,16,18,21-23,25,27,30-35H2,1-3H3. The number of phenolic OH excluding ortho intramolecular Hbond substituents is 2. The van der Waals surface area contributed by atoms with Gasteiger partial charge in [-0.15, -0.1) is 0 Å². The Morgan fingerprint density at radius 1 is 0.958 bits per heavy atom. The van der Waals surface area contributed by atoms with E-state index in [-0.39, 0.29) is 44.0 Å². The summed E-state index contributed by atoms with van der Waals surface area (Å²) in [5.41, 5.74) is 6.43. The molecule has 0 aromatic heterocycles. The molecule has 4 aromatic rings. The maximum Gasteiger partial charge on any atom is 0.161 e. The summed E-state index contributed by atoms with van der Waals surface area (Å²) in [7, 11) is 0. The zero-order chi connectivity index (χ0) is 50.0. The van der Waals surface area contributed by atoms with Gasteiger partial charge in [0, 0.05) is 55.4 Å². The molecule has 1 saturated carbocycles. The van der Waals surface area contributed by atoms with Gasteiger partial charge in [0.1, 0.15) is 35.0 Å². The zero-order valence-electron chi connectivity index (χ0n) is 42.3. The molecule has 384 valence electrons. The second kappa shape index (κ2) is 21.7. The lowest BCUT2D eigenvalue weighted by atomic mass is 9.69. The van der Waals surface area contributed by atoms with Crippen LogP contribution in [-0.4, -0.2) is 101 Å². The van der Waals surface area contributed by atoms with E-state index in [1.165, 1.54) is 12.0 Å². The van der Waals surface area contributed by atoms with Crippen molar-refractivity contribution in [3.05, 3.63) is 98.1 Å². The number of hydrogen-bond acceptors (Lipinski definition) is 13. The molecule has 13 nitrogen and oxygen atoms in total. The third-order valence-corrected chi connectivity index (χ3v) is 15.8. The predicted molar refractivity (Wildman–Crippen MR) is 277 cm³/mol. The topological polar surface area (TPSA) is 187 Å². The monoisotopic (exact) mass is 983 g/mol. The van der Waals surface area contributed by atoms with Crippen molar-refractivity contribution >= 4 is 6.08 Å². The summed E-state index contributed by atoms with van der Waals surface area (Å²) in [6.07, 6.45) is 11.4. The number of aliphatic hydroxyl groups is 3. The number of phenols is 2. The van der Waals surface area contributed by atoms with E-state index in [2.05, 4.69) is 70.9 Å². The largest absolute Gasteiger partial charge is 0.508 e. The second-order valence-corrected chi connectivity index (χ2v) is 21.8. The van der Waals surface area contributed by atoms with Crippen molar-refractivity contribution < 1.29 is 44.5 Å². The van der Waals surface area contributed by atoms with Crippen molar-refractivity contribution in [2.24, 2.45) is 10.9 Å². The Labute approximate surface area is 424 Å². The van der Waals surface area contributed by atoms with E-state index in [0.717, 1.165) is 81.0 Å². The van der Waals surface area contributed by atoms with E-state index in [0.29, 0.717) is 107 Å². The number of aliphatic hydroxyl groups excluding tert-OH is 2. The van der Waals surface area contributed by atoms with Crippen LogP contribution >= 0.6 is 0 Å². The molecular formula is C59H74N4O9. The number of nitrogens with zero attached hydrogens (tertiary/aromatic N) is 1. The molecule has 6 unspecified atom stereocenters. The number of aryl methyl sites for hydroxylation is 1. The Morgan fingerprint density at radius 3 is 2.64 bits per heavy atom. The zero-order valence-corrected chi connectivity index (χ0v) is 42.3. The first-order valence-electron chi connectivity index (χ1n) is 26.7. The van der Waals surface area contributed by atoms with Gasteiger partial charge in [-0.1, -0.05) is 63.2 Å².